The molecule has 3 aromatic heterocycles. The van der Waals surface area contributed by atoms with Crippen LogP contribution in [0.25, 0.3) is 4.96 Å². The zero-order valence-electron chi connectivity index (χ0n) is 20.8. The number of aromatic nitrogens is 3. The van der Waals surface area contributed by atoms with E-state index in [1.165, 1.54) is 18.4 Å². The molecule has 3 aliphatic heterocycles. The first-order valence-electron chi connectivity index (χ1n) is 12.2. The van der Waals surface area contributed by atoms with Crippen molar-refractivity contribution in [2.75, 3.05) is 33.4 Å². The second-order valence-electron chi connectivity index (χ2n) is 9.09. The number of morpholine rings is 1. The average Bonchev–Trinajstić information content (AvgIpc) is 3.64. The number of hydrogen-bond acceptors (Lipinski definition) is 11. The second-order valence-corrected chi connectivity index (χ2v) is 11.8. The molecule has 0 bridgehead atoms. The van der Waals surface area contributed by atoms with Crippen molar-refractivity contribution in [3.63, 3.8) is 0 Å². The van der Waals surface area contributed by atoms with Gasteiger partial charge in [-0.25, -0.2) is 14.3 Å². The Kier molecular flexibility index (Phi) is 6.91. The monoisotopic (exact) mass is 574 g/mol. The molecule has 3 unspecified atom stereocenters. The molecular formula is C25H27ClN6O4S2. The quantitative estimate of drug-likeness (QED) is 0.199. The van der Waals surface area contributed by atoms with Crippen LogP contribution in [0.15, 0.2) is 48.0 Å². The van der Waals surface area contributed by atoms with Gasteiger partial charge >= 0.3 is 5.97 Å². The van der Waals surface area contributed by atoms with Crippen LogP contribution in [-0.2, 0) is 20.6 Å². The first-order chi connectivity index (χ1) is 18.5. The Labute approximate surface area is 232 Å². The fraction of sp³-hybridized carbons (Fsp3) is 0.400. The third kappa shape index (κ3) is 4.50. The minimum atomic E-state index is -1.03. The highest BCUT2D eigenvalue weighted by Gasteiger charge is 2.44. The molecule has 1 fully saturated rings. The Bertz CT molecular complexity index is 1440. The van der Waals surface area contributed by atoms with E-state index < -0.39 is 5.00 Å². The first kappa shape index (κ1) is 25.4. The SMILES string of the molecule is COC(=O)c1csc(C2c3c(nc4sc(C)nn34)CCN2C=COC2=CC=CNC2(Cl)C2CNCCO2)c1. The maximum absolute atomic E-state index is 12.2. The van der Waals surface area contributed by atoms with Gasteiger partial charge in [-0.15, -0.1) is 11.3 Å². The number of ether oxygens (including phenoxy) is 3. The Morgan fingerprint density at radius 1 is 1.42 bits per heavy atom. The summed E-state index contributed by atoms with van der Waals surface area (Å²) in [5, 5.41) is 14.0. The Balaban J connectivity index is 1.31. The van der Waals surface area contributed by atoms with Crippen LogP contribution in [0, 0.1) is 6.92 Å². The van der Waals surface area contributed by atoms with Crippen molar-refractivity contribution in [3.05, 3.63) is 74.9 Å². The van der Waals surface area contributed by atoms with Crippen LogP contribution in [0.5, 0.6) is 0 Å². The van der Waals surface area contributed by atoms with Crippen molar-refractivity contribution in [2.45, 2.75) is 30.5 Å². The summed E-state index contributed by atoms with van der Waals surface area (Å²) in [4.78, 5) is 20.1. The van der Waals surface area contributed by atoms with Gasteiger partial charge in [-0.3, -0.25) is 0 Å². The highest BCUT2D eigenvalue weighted by molar-refractivity contribution is 7.16. The number of rotatable bonds is 6. The lowest BCUT2D eigenvalue weighted by Gasteiger charge is -2.39. The molecule has 6 rings (SSSR count). The van der Waals surface area contributed by atoms with Crippen LogP contribution < -0.4 is 10.6 Å². The predicted molar refractivity (Wildman–Crippen MR) is 145 cm³/mol. The molecule has 3 aromatic rings. The van der Waals surface area contributed by atoms with Gasteiger partial charge in [0.05, 0.1) is 30.7 Å². The number of halogens is 1. The molecule has 13 heteroatoms. The van der Waals surface area contributed by atoms with Gasteiger partial charge in [-0.1, -0.05) is 22.9 Å². The molecule has 0 aliphatic carbocycles. The van der Waals surface area contributed by atoms with E-state index >= 15 is 0 Å². The molecule has 0 amide bonds. The number of allylic oxidation sites excluding steroid dienone is 2. The van der Waals surface area contributed by atoms with Crippen molar-refractivity contribution in [1.82, 2.24) is 30.1 Å². The summed E-state index contributed by atoms with van der Waals surface area (Å²) in [6.07, 6.45) is 9.51. The number of aryl methyl sites for hydroxylation is 1. The van der Waals surface area contributed by atoms with Crippen molar-refractivity contribution < 1.29 is 19.0 Å². The summed E-state index contributed by atoms with van der Waals surface area (Å²) in [6.45, 7) is 4.66. The lowest BCUT2D eigenvalue weighted by molar-refractivity contribution is -0.00620. The molecule has 2 N–H and O–H groups in total. The van der Waals surface area contributed by atoms with Gasteiger partial charge in [0.2, 0.25) is 4.96 Å². The minimum absolute atomic E-state index is 0.205. The molecule has 0 saturated carbocycles. The van der Waals surface area contributed by atoms with E-state index in [-0.39, 0.29) is 18.1 Å². The third-order valence-electron chi connectivity index (χ3n) is 6.74. The number of dihydropyridines is 1. The molecule has 10 nitrogen and oxygen atoms in total. The van der Waals surface area contributed by atoms with Crippen molar-refractivity contribution >= 4 is 45.2 Å². The fourth-order valence-electron chi connectivity index (χ4n) is 4.94. The smallest absolute Gasteiger partial charge is 0.338 e. The number of carbonyl (C=O) groups excluding carboxylic acids is 1. The fourth-order valence-corrected chi connectivity index (χ4v) is 7.01. The van der Waals surface area contributed by atoms with Crippen LogP contribution in [0.4, 0.5) is 0 Å². The molecule has 1 saturated heterocycles. The number of carbonyl (C=O) groups is 1. The Hall–Kier alpha value is -2.90. The number of imidazole rings is 1. The normalized spacial score (nSPS) is 25.3. The Morgan fingerprint density at radius 3 is 3.13 bits per heavy atom. The van der Waals surface area contributed by atoms with Gasteiger partial charge in [0.15, 0.2) is 5.00 Å². The van der Waals surface area contributed by atoms with E-state index in [4.69, 9.17) is 35.9 Å². The van der Waals surface area contributed by atoms with E-state index in [2.05, 4.69) is 15.5 Å². The molecule has 0 radical (unpaired) electrons. The summed E-state index contributed by atoms with van der Waals surface area (Å²) in [5.41, 5.74) is 2.53. The molecule has 3 atom stereocenters. The summed E-state index contributed by atoms with van der Waals surface area (Å²) < 4.78 is 18.9. The van der Waals surface area contributed by atoms with Gasteiger partial charge in [0, 0.05) is 42.5 Å². The lowest BCUT2D eigenvalue weighted by Crippen LogP contribution is -2.58. The number of thiophene rings is 1. The molecule has 3 aliphatic rings. The van der Waals surface area contributed by atoms with Crippen LogP contribution in [-0.4, -0.2) is 69.9 Å². The topological polar surface area (TPSA) is 102 Å². The van der Waals surface area contributed by atoms with Crippen molar-refractivity contribution in [2.24, 2.45) is 0 Å². The molecule has 6 heterocycles. The maximum atomic E-state index is 12.2. The van der Waals surface area contributed by atoms with E-state index in [0.29, 0.717) is 31.0 Å². The van der Waals surface area contributed by atoms with Crippen LogP contribution in [0.1, 0.15) is 37.7 Å². The minimum Gasteiger partial charge on any atom is -0.465 e. The van der Waals surface area contributed by atoms with E-state index in [0.717, 1.165) is 39.2 Å². The highest BCUT2D eigenvalue weighted by Crippen LogP contribution is 2.40. The van der Waals surface area contributed by atoms with Gasteiger partial charge in [-0.05, 0) is 31.3 Å². The number of nitrogens with one attached hydrogen (secondary N) is 2. The average molecular weight is 575 g/mol. The maximum Gasteiger partial charge on any atom is 0.338 e. The third-order valence-corrected chi connectivity index (χ3v) is 9.09. The zero-order valence-corrected chi connectivity index (χ0v) is 23.2. The van der Waals surface area contributed by atoms with Crippen LogP contribution in [0.3, 0.4) is 0 Å². The number of esters is 1. The van der Waals surface area contributed by atoms with E-state index in [9.17, 15) is 4.79 Å². The summed E-state index contributed by atoms with van der Waals surface area (Å²) in [5.74, 6) is 0.186. The van der Waals surface area contributed by atoms with E-state index in [1.54, 1.807) is 23.8 Å². The standard InChI is InChI=1S/C25H27ClN6O4S2/c1-15-30-32-21-17(29-24(32)38-15)5-8-31(22(21)18-12-16(14-37-18)23(33)34-2)9-11-36-19-4-3-6-28-25(19,26)20-13-27-7-10-35-20/h3-4,6,9,11-12,14,20,22,27-28H,5,7-8,10,13H2,1-2H3. The zero-order chi connectivity index (χ0) is 26.3. The Morgan fingerprint density at radius 2 is 2.32 bits per heavy atom. The number of hydrogen-bond donors (Lipinski definition) is 2. The summed E-state index contributed by atoms with van der Waals surface area (Å²) >= 11 is 10.1. The van der Waals surface area contributed by atoms with Gasteiger partial charge < -0.3 is 29.7 Å². The predicted octanol–water partition coefficient (Wildman–Crippen LogP) is 3.31. The number of alkyl halides is 1. The second kappa shape index (κ2) is 10.3. The summed E-state index contributed by atoms with van der Waals surface area (Å²) in [6, 6.07) is 1.68. The van der Waals surface area contributed by atoms with Gasteiger partial charge in [0.1, 0.15) is 29.2 Å². The molecule has 0 spiro atoms. The molecule has 200 valence electrons. The van der Waals surface area contributed by atoms with E-state index in [1.807, 2.05) is 41.2 Å². The van der Waals surface area contributed by atoms with Crippen molar-refractivity contribution in [1.29, 1.82) is 0 Å². The summed E-state index contributed by atoms with van der Waals surface area (Å²) in [7, 11) is 1.39. The largest absolute Gasteiger partial charge is 0.465 e. The van der Waals surface area contributed by atoms with Gasteiger partial charge in [0.25, 0.3) is 0 Å². The number of nitrogens with zero attached hydrogens (tertiary/aromatic N) is 4. The first-order valence-corrected chi connectivity index (χ1v) is 14.3. The lowest BCUT2D eigenvalue weighted by atomic mass is 10.0. The number of methoxy groups -OCH3 is 1. The van der Waals surface area contributed by atoms with Crippen LogP contribution >= 0.6 is 34.3 Å². The van der Waals surface area contributed by atoms with Gasteiger partial charge in [-0.2, -0.15) is 5.10 Å². The molecule has 38 heavy (non-hydrogen) atoms. The molecule has 0 aromatic carbocycles. The highest BCUT2D eigenvalue weighted by atomic mass is 35.5. The van der Waals surface area contributed by atoms with Crippen LogP contribution in [0.2, 0.25) is 0 Å². The van der Waals surface area contributed by atoms with Crippen molar-refractivity contribution in [3.8, 4) is 0 Å². The molecular weight excluding hydrogens is 548 g/mol. The number of fused-ring (bicyclic) bond motifs is 3.